The highest BCUT2D eigenvalue weighted by molar-refractivity contribution is 5.53. The maximum absolute atomic E-state index is 5.74. The number of hydrogen-bond acceptors (Lipinski definition) is 2. The number of methoxy groups -OCH3 is 1. The van der Waals surface area contributed by atoms with Crippen LogP contribution in [0.1, 0.15) is 22.3 Å². The Balaban J connectivity index is 2.37. The highest BCUT2D eigenvalue weighted by Gasteiger charge is 2.02. The Kier molecular flexibility index (Phi) is 3.77. The van der Waals surface area contributed by atoms with Crippen LogP contribution in [-0.4, -0.2) is 7.11 Å². The van der Waals surface area contributed by atoms with E-state index in [2.05, 4.69) is 11.8 Å². The highest BCUT2D eigenvalue weighted by atomic mass is 16.5. The number of aryl methyl sites for hydroxylation is 2. The molecule has 0 saturated heterocycles. The lowest BCUT2D eigenvalue weighted by Crippen LogP contribution is -1.91. The van der Waals surface area contributed by atoms with Gasteiger partial charge in [-0.3, -0.25) is 0 Å². The number of benzene rings is 2. The summed E-state index contributed by atoms with van der Waals surface area (Å²) in [4.78, 5) is 0. The molecule has 0 amide bonds. The lowest BCUT2D eigenvalue weighted by atomic mass is 10.0. The summed E-state index contributed by atoms with van der Waals surface area (Å²) in [7, 11) is 1.68. The van der Waals surface area contributed by atoms with Crippen molar-refractivity contribution in [1.29, 1.82) is 0 Å². The van der Waals surface area contributed by atoms with E-state index in [0.29, 0.717) is 0 Å². The summed E-state index contributed by atoms with van der Waals surface area (Å²) in [6.45, 7) is 4.05. The molecule has 2 nitrogen and oxygen atoms in total. The third kappa shape index (κ3) is 3.08. The predicted octanol–water partition coefficient (Wildman–Crippen LogP) is 3.29. The molecule has 0 unspecified atom stereocenters. The van der Waals surface area contributed by atoms with Crippen LogP contribution in [0.3, 0.4) is 0 Å². The highest BCUT2D eigenvalue weighted by Crippen LogP contribution is 2.21. The van der Waals surface area contributed by atoms with E-state index in [9.17, 15) is 0 Å². The van der Waals surface area contributed by atoms with Crippen LogP contribution in [0.2, 0.25) is 0 Å². The molecule has 0 spiro atoms. The topological polar surface area (TPSA) is 35.2 Å². The summed E-state index contributed by atoms with van der Waals surface area (Å²) in [6.07, 6.45) is 0. The Hall–Kier alpha value is -2.40. The van der Waals surface area contributed by atoms with Crippen LogP contribution < -0.4 is 10.5 Å². The molecule has 0 atom stereocenters. The van der Waals surface area contributed by atoms with Gasteiger partial charge in [0.15, 0.2) is 0 Å². The van der Waals surface area contributed by atoms with Gasteiger partial charge >= 0.3 is 0 Å². The van der Waals surface area contributed by atoms with E-state index in [1.165, 1.54) is 0 Å². The van der Waals surface area contributed by atoms with E-state index in [-0.39, 0.29) is 0 Å². The lowest BCUT2D eigenvalue weighted by Gasteiger charge is -2.07. The molecular formula is C17H17NO. The summed E-state index contributed by atoms with van der Waals surface area (Å²) in [5, 5.41) is 0. The second-order valence-electron chi connectivity index (χ2n) is 4.51. The second kappa shape index (κ2) is 5.49. The monoisotopic (exact) mass is 251 g/mol. The van der Waals surface area contributed by atoms with Crippen molar-refractivity contribution in [2.45, 2.75) is 13.8 Å². The minimum Gasteiger partial charge on any atom is -0.496 e. The summed E-state index contributed by atoms with van der Waals surface area (Å²) < 4.78 is 5.29. The smallest absolute Gasteiger partial charge is 0.122 e. The van der Waals surface area contributed by atoms with E-state index in [4.69, 9.17) is 10.5 Å². The molecule has 2 aromatic rings. The first-order valence-corrected chi connectivity index (χ1v) is 6.13. The van der Waals surface area contributed by atoms with Crippen molar-refractivity contribution in [3.8, 4) is 17.6 Å². The van der Waals surface area contributed by atoms with Crippen LogP contribution in [0, 0.1) is 25.7 Å². The summed E-state index contributed by atoms with van der Waals surface area (Å²) >= 11 is 0. The molecule has 0 fully saturated rings. The number of rotatable bonds is 1. The molecule has 0 aliphatic rings. The van der Waals surface area contributed by atoms with Gasteiger partial charge in [0, 0.05) is 16.8 Å². The first-order valence-electron chi connectivity index (χ1n) is 6.13. The van der Waals surface area contributed by atoms with Crippen LogP contribution in [0.5, 0.6) is 5.75 Å². The van der Waals surface area contributed by atoms with Gasteiger partial charge in [0.1, 0.15) is 5.75 Å². The van der Waals surface area contributed by atoms with Crippen LogP contribution in [0.4, 0.5) is 5.69 Å². The molecule has 2 rings (SSSR count). The van der Waals surface area contributed by atoms with Crippen molar-refractivity contribution in [2.24, 2.45) is 0 Å². The standard InChI is InChI=1S/C17H17NO/c1-12-10-17(19-3)13(2)9-15(12)8-7-14-5-4-6-16(18)11-14/h4-6,9-11H,18H2,1-3H3. The number of nitrogens with two attached hydrogens (primary N) is 1. The fourth-order valence-corrected chi connectivity index (χ4v) is 1.90. The average Bonchev–Trinajstić information content (AvgIpc) is 2.39. The molecule has 0 saturated carbocycles. The minimum atomic E-state index is 0.731. The van der Waals surface area contributed by atoms with Gasteiger partial charge in [-0.15, -0.1) is 0 Å². The van der Waals surface area contributed by atoms with Crippen molar-refractivity contribution in [3.63, 3.8) is 0 Å². The Morgan fingerprint density at radius 3 is 2.47 bits per heavy atom. The van der Waals surface area contributed by atoms with Crippen LogP contribution >= 0.6 is 0 Å². The zero-order valence-electron chi connectivity index (χ0n) is 11.4. The zero-order chi connectivity index (χ0) is 13.8. The molecule has 19 heavy (non-hydrogen) atoms. The SMILES string of the molecule is COc1cc(C)c(C#Cc2cccc(N)c2)cc1C. The Labute approximate surface area is 114 Å². The van der Waals surface area contributed by atoms with E-state index >= 15 is 0 Å². The molecule has 0 aromatic heterocycles. The first-order chi connectivity index (χ1) is 9.10. The summed E-state index contributed by atoms with van der Waals surface area (Å²) in [6, 6.07) is 11.7. The minimum absolute atomic E-state index is 0.731. The maximum Gasteiger partial charge on any atom is 0.122 e. The molecule has 2 aromatic carbocycles. The first kappa shape index (κ1) is 13.0. The van der Waals surface area contributed by atoms with E-state index in [0.717, 1.165) is 33.7 Å². The van der Waals surface area contributed by atoms with Gasteiger partial charge in [0.05, 0.1) is 7.11 Å². The van der Waals surface area contributed by atoms with E-state index in [1.807, 2.05) is 50.2 Å². The third-order valence-corrected chi connectivity index (χ3v) is 2.97. The molecule has 96 valence electrons. The zero-order valence-corrected chi connectivity index (χ0v) is 11.4. The van der Waals surface area contributed by atoms with Gasteiger partial charge in [0.2, 0.25) is 0 Å². The molecule has 0 bridgehead atoms. The quantitative estimate of drug-likeness (QED) is 0.623. The van der Waals surface area contributed by atoms with Crippen molar-refractivity contribution >= 4 is 5.69 Å². The number of anilines is 1. The maximum atomic E-state index is 5.74. The normalized spacial score (nSPS) is 9.63. The molecule has 0 radical (unpaired) electrons. The van der Waals surface area contributed by atoms with E-state index in [1.54, 1.807) is 7.11 Å². The molecular weight excluding hydrogens is 234 g/mol. The number of nitrogen functional groups attached to an aromatic ring is 1. The Morgan fingerprint density at radius 2 is 1.79 bits per heavy atom. The van der Waals surface area contributed by atoms with Gasteiger partial charge in [-0.25, -0.2) is 0 Å². The Morgan fingerprint density at radius 1 is 1.00 bits per heavy atom. The van der Waals surface area contributed by atoms with Gasteiger partial charge in [-0.1, -0.05) is 17.9 Å². The second-order valence-corrected chi connectivity index (χ2v) is 4.51. The van der Waals surface area contributed by atoms with Crippen LogP contribution in [0.15, 0.2) is 36.4 Å². The molecule has 0 aliphatic heterocycles. The van der Waals surface area contributed by atoms with Gasteiger partial charge in [-0.2, -0.15) is 0 Å². The fourth-order valence-electron chi connectivity index (χ4n) is 1.90. The van der Waals surface area contributed by atoms with Crippen molar-refractivity contribution in [3.05, 3.63) is 58.7 Å². The van der Waals surface area contributed by atoms with Crippen molar-refractivity contribution in [1.82, 2.24) is 0 Å². The Bertz CT molecular complexity index is 663. The third-order valence-electron chi connectivity index (χ3n) is 2.97. The molecule has 2 N–H and O–H groups in total. The molecule has 0 heterocycles. The lowest BCUT2D eigenvalue weighted by molar-refractivity contribution is 0.411. The van der Waals surface area contributed by atoms with Crippen LogP contribution in [0.25, 0.3) is 0 Å². The average molecular weight is 251 g/mol. The molecule has 2 heteroatoms. The fraction of sp³-hybridized carbons (Fsp3) is 0.176. The summed E-state index contributed by atoms with van der Waals surface area (Å²) in [5.41, 5.74) is 10.6. The van der Waals surface area contributed by atoms with Crippen LogP contribution in [-0.2, 0) is 0 Å². The molecule has 0 aliphatic carbocycles. The summed E-state index contributed by atoms with van der Waals surface area (Å²) in [5.74, 6) is 7.22. The van der Waals surface area contributed by atoms with Crippen molar-refractivity contribution in [2.75, 3.05) is 12.8 Å². The van der Waals surface area contributed by atoms with Crippen molar-refractivity contribution < 1.29 is 4.74 Å². The van der Waals surface area contributed by atoms with E-state index < -0.39 is 0 Å². The largest absolute Gasteiger partial charge is 0.496 e. The predicted molar refractivity (Wildman–Crippen MR) is 79.3 cm³/mol. The van der Waals surface area contributed by atoms with Gasteiger partial charge < -0.3 is 10.5 Å². The van der Waals surface area contributed by atoms with Gasteiger partial charge in [-0.05, 0) is 55.3 Å². The number of ether oxygens (including phenoxy) is 1. The number of hydrogen-bond donors (Lipinski definition) is 1. The van der Waals surface area contributed by atoms with Gasteiger partial charge in [0.25, 0.3) is 0 Å².